The Morgan fingerprint density at radius 1 is 1.11 bits per heavy atom. The summed E-state index contributed by atoms with van der Waals surface area (Å²) in [5, 5.41) is 5.53. The van der Waals surface area contributed by atoms with E-state index >= 15 is 0 Å². The number of thiophene rings is 1. The Hall–Kier alpha value is -2.30. The maximum Gasteiger partial charge on any atom is 0.261 e. The van der Waals surface area contributed by atoms with Crippen molar-refractivity contribution in [2.75, 3.05) is 0 Å². The van der Waals surface area contributed by atoms with Gasteiger partial charge < -0.3 is 10.1 Å². The highest BCUT2D eigenvalue weighted by atomic mass is 35.5. The molecule has 0 spiro atoms. The molecule has 27 heavy (non-hydrogen) atoms. The molecule has 1 N–H and O–H groups in total. The first-order valence-corrected chi connectivity index (χ1v) is 9.99. The molecule has 0 aliphatic heterocycles. The zero-order chi connectivity index (χ0) is 19.4. The topological polar surface area (TPSA) is 38.3 Å². The van der Waals surface area contributed by atoms with Crippen molar-refractivity contribution in [3.8, 4) is 5.75 Å². The summed E-state index contributed by atoms with van der Waals surface area (Å²) in [5.41, 5.74) is 5.37. The van der Waals surface area contributed by atoms with Gasteiger partial charge in [-0.1, -0.05) is 47.5 Å². The van der Waals surface area contributed by atoms with Crippen LogP contribution in [-0.2, 0) is 13.2 Å². The minimum atomic E-state index is -0.103. The SMILES string of the molecule is Cc1cc(C)c(OCc2csc(C(=O)NCc3ccccc3Cl)c2)c(C)c1. The first-order chi connectivity index (χ1) is 12.9. The average molecular weight is 400 g/mol. The van der Waals surface area contributed by atoms with Crippen LogP contribution in [0.15, 0.2) is 47.8 Å². The Balaban J connectivity index is 1.60. The molecule has 2 aromatic carbocycles. The van der Waals surface area contributed by atoms with Crippen LogP contribution in [0.2, 0.25) is 5.02 Å². The number of carbonyl (C=O) groups is 1. The third kappa shape index (κ3) is 4.90. The van der Waals surface area contributed by atoms with Crippen LogP contribution in [-0.4, -0.2) is 5.91 Å². The molecule has 0 atom stereocenters. The van der Waals surface area contributed by atoms with Crippen LogP contribution in [0.3, 0.4) is 0 Å². The van der Waals surface area contributed by atoms with Gasteiger partial charge in [0, 0.05) is 17.1 Å². The van der Waals surface area contributed by atoms with Gasteiger partial charge in [-0.3, -0.25) is 4.79 Å². The van der Waals surface area contributed by atoms with Crippen molar-refractivity contribution in [3.63, 3.8) is 0 Å². The fourth-order valence-electron chi connectivity index (χ4n) is 3.02. The number of benzene rings is 2. The average Bonchev–Trinajstić information content (AvgIpc) is 3.09. The predicted octanol–water partition coefficient (Wildman–Crippen LogP) is 5.84. The van der Waals surface area contributed by atoms with Gasteiger partial charge in [-0.15, -0.1) is 11.3 Å². The van der Waals surface area contributed by atoms with Crippen molar-refractivity contribution in [2.24, 2.45) is 0 Å². The monoisotopic (exact) mass is 399 g/mol. The summed E-state index contributed by atoms with van der Waals surface area (Å²) in [4.78, 5) is 13.0. The van der Waals surface area contributed by atoms with Gasteiger partial charge in [-0.25, -0.2) is 0 Å². The lowest BCUT2D eigenvalue weighted by Gasteiger charge is -2.12. The molecule has 3 nitrogen and oxygen atoms in total. The summed E-state index contributed by atoms with van der Waals surface area (Å²) in [6, 6.07) is 13.6. The number of nitrogens with one attached hydrogen (secondary N) is 1. The summed E-state index contributed by atoms with van der Waals surface area (Å²) in [6.07, 6.45) is 0. The van der Waals surface area contributed by atoms with Crippen molar-refractivity contribution in [1.82, 2.24) is 5.32 Å². The Morgan fingerprint density at radius 3 is 2.52 bits per heavy atom. The molecule has 1 heterocycles. The number of rotatable bonds is 6. The highest BCUT2D eigenvalue weighted by Gasteiger charge is 2.11. The lowest BCUT2D eigenvalue weighted by Crippen LogP contribution is -2.21. The minimum absolute atomic E-state index is 0.103. The lowest BCUT2D eigenvalue weighted by atomic mass is 10.1. The van der Waals surface area contributed by atoms with Gasteiger partial charge in [0.15, 0.2) is 0 Å². The van der Waals surface area contributed by atoms with E-state index in [0.717, 1.165) is 28.0 Å². The maximum atomic E-state index is 12.4. The number of halogens is 1. The molecule has 0 bridgehead atoms. The number of ether oxygens (including phenoxy) is 1. The molecule has 3 rings (SSSR count). The normalized spacial score (nSPS) is 10.7. The fourth-order valence-corrected chi connectivity index (χ4v) is 4.04. The largest absolute Gasteiger partial charge is 0.488 e. The van der Waals surface area contributed by atoms with E-state index in [1.54, 1.807) is 0 Å². The molecule has 1 aromatic heterocycles. The van der Waals surface area contributed by atoms with Crippen LogP contribution in [0, 0.1) is 20.8 Å². The van der Waals surface area contributed by atoms with Crippen LogP contribution in [0.1, 0.15) is 37.5 Å². The van der Waals surface area contributed by atoms with Crippen molar-refractivity contribution < 1.29 is 9.53 Å². The van der Waals surface area contributed by atoms with E-state index < -0.39 is 0 Å². The molecule has 0 radical (unpaired) electrons. The van der Waals surface area contributed by atoms with Gasteiger partial charge in [0.25, 0.3) is 5.91 Å². The fraction of sp³-hybridized carbons (Fsp3) is 0.227. The zero-order valence-electron chi connectivity index (χ0n) is 15.6. The summed E-state index contributed by atoms with van der Waals surface area (Å²) >= 11 is 7.55. The van der Waals surface area contributed by atoms with Crippen molar-refractivity contribution in [1.29, 1.82) is 0 Å². The quantitative estimate of drug-likeness (QED) is 0.565. The van der Waals surface area contributed by atoms with Crippen LogP contribution in [0.5, 0.6) is 5.75 Å². The first-order valence-electron chi connectivity index (χ1n) is 8.73. The highest BCUT2D eigenvalue weighted by Crippen LogP contribution is 2.26. The Morgan fingerprint density at radius 2 is 1.81 bits per heavy atom. The number of aryl methyl sites for hydroxylation is 3. The number of hydrogen-bond donors (Lipinski definition) is 1. The van der Waals surface area contributed by atoms with Crippen molar-refractivity contribution in [2.45, 2.75) is 33.9 Å². The van der Waals surface area contributed by atoms with Gasteiger partial charge in [0.05, 0.1) is 4.88 Å². The second-order valence-electron chi connectivity index (χ2n) is 6.61. The highest BCUT2D eigenvalue weighted by molar-refractivity contribution is 7.12. The summed E-state index contributed by atoms with van der Waals surface area (Å²) in [5.74, 6) is 0.811. The molecule has 0 saturated carbocycles. The third-order valence-corrected chi connectivity index (χ3v) is 5.61. The molecule has 140 valence electrons. The molecular formula is C22H22ClNO2S. The molecule has 3 aromatic rings. The van der Waals surface area contributed by atoms with Crippen molar-refractivity contribution in [3.05, 3.63) is 85.6 Å². The lowest BCUT2D eigenvalue weighted by molar-refractivity contribution is 0.0955. The van der Waals surface area contributed by atoms with Gasteiger partial charge in [-0.2, -0.15) is 0 Å². The molecule has 0 aliphatic rings. The smallest absolute Gasteiger partial charge is 0.261 e. The molecule has 0 unspecified atom stereocenters. The Labute approximate surface area is 169 Å². The van der Waals surface area contributed by atoms with Crippen LogP contribution >= 0.6 is 22.9 Å². The summed E-state index contributed by atoms with van der Waals surface area (Å²) < 4.78 is 6.00. The van der Waals surface area contributed by atoms with E-state index in [1.807, 2.05) is 35.7 Å². The van der Waals surface area contributed by atoms with Crippen LogP contribution in [0.25, 0.3) is 0 Å². The molecule has 5 heteroatoms. The molecule has 1 amide bonds. The van der Waals surface area contributed by atoms with E-state index in [0.29, 0.717) is 23.1 Å². The molecule has 0 aliphatic carbocycles. The molecular weight excluding hydrogens is 378 g/mol. The zero-order valence-corrected chi connectivity index (χ0v) is 17.2. The van der Waals surface area contributed by atoms with Gasteiger partial charge >= 0.3 is 0 Å². The van der Waals surface area contributed by atoms with E-state index in [1.165, 1.54) is 16.9 Å². The minimum Gasteiger partial charge on any atom is -0.488 e. The van der Waals surface area contributed by atoms with Gasteiger partial charge in [0.2, 0.25) is 0 Å². The number of hydrogen-bond acceptors (Lipinski definition) is 3. The second-order valence-corrected chi connectivity index (χ2v) is 7.93. The Kier molecular flexibility index (Phi) is 6.19. The molecule has 0 fully saturated rings. The van der Waals surface area contributed by atoms with Gasteiger partial charge in [-0.05, 0) is 55.0 Å². The van der Waals surface area contributed by atoms with Crippen molar-refractivity contribution >= 4 is 28.8 Å². The first kappa shape index (κ1) is 19.5. The van der Waals surface area contributed by atoms with E-state index in [-0.39, 0.29) is 5.91 Å². The third-order valence-electron chi connectivity index (χ3n) is 4.26. The number of amides is 1. The van der Waals surface area contributed by atoms with E-state index in [9.17, 15) is 4.79 Å². The summed E-state index contributed by atoms with van der Waals surface area (Å²) in [7, 11) is 0. The number of carbonyl (C=O) groups excluding carboxylic acids is 1. The summed E-state index contributed by atoms with van der Waals surface area (Å²) in [6.45, 7) is 7.03. The standard InChI is InChI=1S/C22H22ClNO2S/c1-14-8-15(2)21(16(3)9-14)26-12-17-10-20(27-13-17)22(25)24-11-18-6-4-5-7-19(18)23/h4-10,13H,11-12H2,1-3H3,(H,24,25). The molecule has 0 saturated heterocycles. The Bertz CT molecular complexity index is 941. The second kappa shape index (κ2) is 8.59. The van der Waals surface area contributed by atoms with E-state index in [2.05, 4.69) is 38.2 Å². The van der Waals surface area contributed by atoms with Crippen LogP contribution < -0.4 is 10.1 Å². The van der Waals surface area contributed by atoms with Crippen LogP contribution in [0.4, 0.5) is 0 Å². The van der Waals surface area contributed by atoms with E-state index in [4.69, 9.17) is 16.3 Å². The maximum absolute atomic E-state index is 12.4. The van der Waals surface area contributed by atoms with Gasteiger partial charge in [0.1, 0.15) is 12.4 Å². The predicted molar refractivity (Wildman–Crippen MR) is 112 cm³/mol.